The van der Waals surface area contributed by atoms with E-state index >= 15 is 0 Å². The first-order valence-corrected chi connectivity index (χ1v) is 9.57. The van der Waals surface area contributed by atoms with Crippen molar-refractivity contribution in [3.8, 4) is 10.9 Å². The van der Waals surface area contributed by atoms with Gasteiger partial charge in [0.25, 0.3) is 5.19 Å². The zero-order chi connectivity index (χ0) is 18.3. The topological polar surface area (TPSA) is 59.4 Å². The monoisotopic (exact) mass is 385 g/mol. The largest absolute Gasteiger partial charge is 0.512 e. The van der Waals surface area contributed by atoms with Crippen LogP contribution in [0.2, 0.25) is 5.02 Å². The number of allylic oxidation sites excluding steroid dienone is 2. The van der Waals surface area contributed by atoms with E-state index in [4.69, 9.17) is 16.3 Å². The number of fused-ring (bicyclic) bond motifs is 1. The molecule has 0 spiro atoms. The Morgan fingerprint density at radius 3 is 2.81 bits per heavy atom. The molecule has 0 saturated heterocycles. The minimum atomic E-state index is -0.0241. The van der Waals surface area contributed by atoms with Gasteiger partial charge in [-0.05, 0) is 47.9 Å². The van der Waals surface area contributed by atoms with Crippen LogP contribution < -0.4 is 4.74 Å². The van der Waals surface area contributed by atoms with Gasteiger partial charge in [0.1, 0.15) is 11.5 Å². The van der Waals surface area contributed by atoms with Crippen molar-refractivity contribution in [1.29, 1.82) is 0 Å². The number of carbonyl (C=O) groups is 1. The summed E-state index contributed by atoms with van der Waals surface area (Å²) >= 11 is 7.43. The molecular weight excluding hydrogens is 370 g/mol. The zero-order valence-electron chi connectivity index (χ0n) is 14.1. The number of aromatic nitrogens is 1. The number of ketones is 1. The Kier molecular flexibility index (Phi) is 4.42. The Morgan fingerprint density at radius 1 is 1.23 bits per heavy atom. The fraction of sp³-hybridized carbons (Fsp3) is 0.200. The van der Waals surface area contributed by atoms with Crippen LogP contribution >= 0.6 is 22.9 Å². The SMILES string of the molecule is CCc1ccc(Oc2nc3ccc(Cl)cc3s2)cc1C1=C(O)CCC1=O. The molecule has 1 heterocycles. The van der Waals surface area contributed by atoms with E-state index in [1.807, 2.05) is 37.3 Å². The molecule has 1 aliphatic carbocycles. The molecule has 0 atom stereocenters. The number of halogens is 1. The van der Waals surface area contributed by atoms with Crippen LogP contribution in [-0.4, -0.2) is 15.9 Å². The third kappa shape index (κ3) is 3.08. The van der Waals surface area contributed by atoms with Gasteiger partial charge in [-0.3, -0.25) is 4.79 Å². The van der Waals surface area contributed by atoms with Gasteiger partial charge >= 0.3 is 0 Å². The summed E-state index contributed by atoms with van der Waals surface area (Å²) in [7, 11) is 0. The second-order valence-electron chi connectivity index (χ2n) is 6.11. The molecule has 0 saturated carbocycles. The van der Waals surface area contributed by atoms with E-state index in [9.17, 15) is 9.90 Å². The van der Waals surface area contributed by atoms with Crippen molar-refractivity contribution >= 4 is 44.5 Å². The molecule has 4 nitrogen and oxygen atoms in total. The number of aliphatic hydroxyl groups excluding tert-OH is 1. The van der Waals surface area contributed by atoms with Crippen molar-refractivity contribution in [2.24, 2.45) is 0 Å². The number of rotatable bonds is 4. The second kappa shape index (κ2) is 6.74. The average Bonchev–Trinajstić information content (AvgIpc) is 3.16. The first-order chi connectivity index (χ1) is 12.5. The molecule has 1 aliphatic rings. The molecular formula is C20H16ClNO3S. The molecule has 0 unspecified atom stereocenters. The number of nitrogens with zero attached hydrogens (tertiary/aromatic N) is 1. The van der Waals surface area contributed by atoms with Crippen LogP contribution in [0.1, 0.15) is 30.9 Å². The van der Waals surface area contributed by atoms with Crippen LogP contribution in [0.15, 0.2) is 42.2 Å². The number of ether oxygens (including phenoxy) is 1. The van der Waals surface area contributed by atoms with E-state index in [2.05, 4.69) is 4.98 Å². The van der Waals surface area contributed by atoms with Crippen molar-refractivity contribution in [3.63, 3.8) is 0 Å². The van der Waals surface area contributed by atoms with Gasteiger partial charge in [-0.1, -0.05) is 35.9 Å². The number of Topliss-reactive ketones (excluding diaryl/α,β-unsaturated/α-hetero) is 1. The minimum Gasteiger partial charge on any atom is -0.512 e. The van der Waals surface area contributed by atoms with Gasteiger partial charge in [0.05, 0.1) is 15.8 Å². The lowest BCUT2D eigenvalue weighted by molar-refractivity contribution is -0.113. The molecule has 0 aliphatic heterocycles. The van der Waals surface area contributed by atoms with Crippen LogP contribution in [0.25, 0.3) is 15.8 Å². The fourth-order valence-corrected chi connectivity index (χ4v) is 4.24. The molecule has 2 aromatic carbocycles. The van der Waals surface area contributed by atoms with Crippen LogP contribution in [0.4, 0.5) is 0 Å². The number of aryl methyl sites for hydroxylation is 1. The lowest BCUT2D eigenvalue weighted by atomic mass is 9.96. The van der Waals surface area contributed by atoms with Gasteiger partial charge in [0, 0.05) is 17.9 Å². The van der Waals surface area contributed by atoms with E-state index in [-0.39, 0.29) is 11.5 Å². The maximum Gasteiger partial charge on any atom is 0.279 e. The van der Waals surface area contributed by atoms with E-state index in [1.165, 1.54) is 11.3 Å². The number of benzene rings is 2. The van der Waals surface area contributed by atoms with Crippen LogP contribution in [0.3, 0.4) is 0 Å². The Balaban J connectivity index is 1.72. The van der Waals surface area contributed by atoms with Crippen molar-refractivity contribution in [3.05, 3.63) is 58.3 Å². The summed E-state index contributed by atoms with van der Waals surface area (Å²) < 4.78 is 6.87. The number of hydrogen-bond donors (Lipinski definition) is 1. The van der Waals surface area contributed by atoms with Crippen molar-refractivity contribution in [2.45, 2.75) is 26.2 Å². The third-order valence-corrected chi connectivity index (χ3v) is 5.56. The summed E-state index contributed by atoms with van der Waals surface area (Å²) in [4.78, 5) is 16.6. The van der Waals surface area contributed by atoms with Gasteiger partial charge in [-0.15, -0.1) is 0 Å². The predicted molar refractivity (Wildman–Crippen MR) is 104 cm³/mol. The molecule has 26 heavy (non-hydrogen) atoms. The average molecular weight is 386 g/mol. The maximum atomic E-state index is 12.2. The summed E-state index contributed by atoms with van der Waals surface area (Å²) in [5.41, 5.74) is 2.99. The first kappa shape index (κ1) is 17.1. The molecule has 4 rings (SSSR count). The lowest BCUT2D eigenvalue weighted by Gasteiger charge is -2.11. The van der Waals surface area contributed by atoms with Crippen LogP contribution in [-0.2, 0) is 11.2 Å². The Bertz CT molecular complexity index is 1050. The Morgan fingerprint density at radius 2 is 2.08 bits per heavy atom. The molecule has 1 aromatic heterocycles. The predicted octanol–water partition coefficient (Wildman–Crippen LogP) is 5.94. The van der Waals surface area contributed by atoms with Crippen molar-refractivity contribution in [1.82, 2.24) is 4.98 Å². The van der Waals surface area contributed by atoms with E-state index < -0.39 is 0 Å². The molecule has 1 N–H and O–H groups in total. The van der Waals surface area contributed by atoms with Crippen LogP contribution in [0.5, 0.6) is 10.9 Å². The molecule has 132 valence electrons. The zero-order valence-corrected chi connectivity index (χ0v) is 15.7. The van der Waals surface area contributed by atoms with Gasteiger partial charge < -0.3 is 9.84 Å². The molecule has 0 bridgehead atoms. The maximum absolute atomic E-state index is 12.2. The quantitative estimate of drug-likeness (QED) is 0.604. The number of thiazole rings is 1. The van der Waals surface area contributed by atoms with Gasteiger partial charge in [0.15, 0.2) is 5.78 Å². The van der Waals surface area contributed by atoms with Gasteiger partial charge in [-0.2, -0.15) is 0 Å². The smallest absolute Gasteiger partial charge is 0.279 e. The van der Waals surface area contributed by atoms with Gasteiger partial charge in [0.2, 0.25) is 0 Å². The fourth-order valence-electron chi connectivity index (χ4n) is 3.13. The summed E-state index contributed by atoms with van der Waals surface area (Å²) in [5.74, 6) is 0.725. The standard InChI is InChI=1S/C20H16ClNO3S/c1-2-11-3-5-13(10-14(11)19-16(23)7-8-17(19)24)25-20-22-15-6-4-12(21)9-18(15)26-20/h3-6,9-10,23H,2,7-8H2,1H3. The third-order valence-electron chi connectivity index (χ3n) is 4.42. The normalized spacial score (nSPS) is 14.5. The molecule has 0 radical (unpaired) electrons. The van der Waals surface area contributed by atoms with Crippen LogP contribution in [0, 0.1) is 0 Å². The van der Waals surface area contributed by atoms with Gasteiger partial charge in [-0.25, -0.2) is 4.98 Å². The summed E-state index contributed by atoms with van der Waals surface area (Å²) in [5, 5.41) is 11.3. The first-order valence-electron chi connectivity index (χ1n) is 8.37. The van der Waals surface area contributed by atoms with E-state index in [0.29, 0.717) is 34.4 Å². The molecule has 3 aromatic rings. The number of aliphatic hydroxyl groups is 1. The highest BCUT2D eigenvalue weighted by Crippen LogP contribution is 2.37. The van der Waals surface area contributed by atoms with E-state index in [0.717, 1.165) is 27.8 Å². The minimum absolute atomic E-state index is 0.0241. The van der Waals surface area contributed by atoms with Crippen molar-refractivity contribution < 1.29 is 14.6 Å². The Labute approximate surface area is 159 Å². The number of carbonyl (C=O) groups excluding carboxylic acids is 1. The highest BCUT2D eigenvalue weighted by Gasteiger charge is 2.26. The lowest BCUT2D eigenvalue weighted by Crippen LogP contribution is -2.01. The van der Waals surface area contributed by atoms with Crippen molar-refractivity contribution in [2.75, 3.05) is 0 Å². The van der Waals surface area contributed by atoms with E-state index in [1.54, 1.807) is 6.07 Å². The summed E-state index contributed by atoms with van der Waals surface area (Å²) in [6.07, 6.45) is 1.52. The number of hydrogen-bond acceptors (Lipinski definition) is 5. The highest BCUT2D eigenvalue weighted by atomic mass is 35.5. The Hall–Kier alpha value is -2.37. The molecule has 0 amide bonds. The molecule has 0 fully saturated rings. The highest BCUT2D eigenvalue weighted by molar-refractivity contribution is 7.20. The summed E-state index contributed by atoms with van der Waals surface area (Å²) in [6, 6.07) is 11.1. The summed E-state index contributed by atoms with van der Waals surface area (Å²) in [6.45, 7) is 2.02. The molecule has 6 heteroatoms. The second-order valence-corrected chi connectivity index (χ2v) is 7.54.